The van der Waals surface area contributed by atoms with E-state index < -0.39 is 5.60 Å². The monoisotopic (exact) mass is 412 g/mol. The van der Waals surface area contributed by atoms with Gasteiger partial charge in [0.1, 0.15) is 5.60 Å². The Kier molecular flexibility index (Phi) is 4.91. The summed E-state index contributed by atoms with van der Waals surface area (Å²) in [6, 6.07) is 2.61. The van der Waals surface area contributed by atoms with E-state index in [4.69, 9.17) is 27.9 Å². The first-order chi connectivity index (χ1) is 12.7. The van der Waals surface area contributed by atoms with Gasteiger partial charge in [-0.25, -0.2) is 4.79 Å². The minimum absolute atomic E-state index is 0.0807. The number of hydrogen-bond acceptors (Lipinski definition) is 5. The number of ether oxygens (including phenoxy) is 1. The SMILES string of the molecule is CC(C)(C)OC(=O)N1C2CCC1CC(N1CCC(Cl)c3cc(Cl)nnc31)C2. The van der Waals surface area contributed by atoms with Crippen LogP contribution < -0.4 is 4.90 Å². The highest BCUT2D eigenvalue weighted by atomic mass is 35.5. The number of halogens is 2. The molecule has 0 radical (unpaired) electrons. The van der Waals surface area contributed by atoms with Gasteiger partial charge in [-0.1, -0.05) is 11.6 Å². The van der Waals surface area contributed by atoms with Crippen molar-refractivity contribution in [2.45, 2.75) is 82.0 Å². The van der Waals surface area contributed by atoms with E-state index in [9.17, 15) is 4.79 Å². The normalized spacial score (nSPS) is 30.3. The highest BCUT2D eigenvalue weighted by molar-refractivity contribution is 6.29. The number of piperidine rings is 1. The third kappa shape index (κ3) is 3.70. The van der Waals surface area contributed by atoms with Crippen molar-refractivity contribution in [2.75, 3.05) is 11.4 Å². The Bertz CT molecular complexity index is 725. The molecule has 8 heteroatoms. The molecule has 0 spiro atoms. The first kappa shape index (κ1) is 19.1. The van der Waals surface area contributed by atoms with E-state index in [-0.39, 0.29) is 23.6 Å². The second-order valence-corrected chi connectivity index (χ2v) is 9.71. The zero-order chi connectivity index (χ0) is 19.3. The maximum Gasteiger partial charge on any atom is 0.410 e. The van der Waals surface area contributed by atoms with Gasteiger partial charge in [0.15, 0.2) is 11.0 Å². The second-order valence-electron chi connectivity index (χ2n) is 8.79. The molecule has 4 rings (SSSR count). The number of carbonyl (C=O) groups is 1. The van der Waals surface area contributed by atoms with Gasteiger partial charge in [0, 0.05) is 30.2 Å². The molecule has 1 aromatic heterocycles. The maximum absolute atomic E-state index is 12.7. The van der Waals surface area contributed by atoms with Gasteiger partial charge in [0.25, 0.3) is 0 Å². The molecule has 1 aromatic rings. The lowest BCUT2D eigenvalue weighted by atomic mass is 9.93. The van der Waals surface area contributed by atoms with Crippen LogP contribution in [0.4, 0.5) is 10.6 Å². The van der Waals surface area contributed by atoms with Crippen LogP contribution in [0.1, 0.15) is 63.8 Å². The number of fused-ring (bicyclic) bond motifs is 3. The van der Waals surface area contributed by atoms with Crippen LogP contribution in [0, 0.1) is 0 Å². The predicted octanol–water partition coefficient (Wildman–Crippen LogP) is 4.55. The predicted molar refractivity (Wildman–Crippen MR) is 106 cm³/mol. The Labute approximate surface area is 170 Å². The van der Waals surface area contributed by atoms with Crippen LogP contribution in [0.25, 0.3) is 0 Å². The van der Waals surface area contributed by atoms with E-state index in [1.54, 1.807) is 0 Å². The number of hydrogen-bond donors (Lipinski definition) is 0. The molecular formula is C19H26Cl2N4O2. The minimum atomic E-state index is -0.469. The summed E-state index contributed by atoms with van der Waals surface area (Å²) in [6.07, 6.45) is 4.59. The van der Waals surface area contributed by atoms with E-state index in [1.165, 1.54) is 0 Å². The Balaban J connectivity index is 1.53. The average molecular weight is 413 g/mol. The van der Waals surface area contributed by atoms with Crippen molar-refractivity contribution in [1.29, 1.82) is 0 Å². The lowest BCUT2D eigenvalue weighted by Gasteiger charge is -2.45. The van der Waals surface area contributed by atoms with Gasteiger partial charge in [-0.15, -0.1) is 21.8 Å². The standard InChI is InChI=1S/C19H26Cl2N4O2/c1-19(2,3)27-18(26)25-11-4-5-12(25)9-13(8-11)24-7-6-15(20)14-10-16(21)22-23-17(14)24/h10-13,15H,4-9H2,1-3H3. The fourth-order valence-corrected chi connectivity index (χ4v) is 5.13. The number of aromatic nitrogens is 2. The fourth-order valence-electron chi connectivity index (χ4n) is 4.71. The van der Waals surface area contributed by atoms with E-state index in [0.717, 1.165) is 50.0 Å². The molecule has 2 fully saturated rings. The number of anilines is 1. The average Bonchev–Trinajstić information content (AvgIpc) is 2.85. The van der Waals surface area contributed by atoms with Crippen molar-refractivity contribution < 1.29 is 9.53 Å². The second kappa shape index (κ2) is 6.96. The molecule has 2 bridgehead atoms. The van der Waals surface area contributed by atoms with Crippen LogP contribution in [0.2, 0.25) is 5.15 Å². The van der Waals surface area contributed by atoms with Crippen molar-refractivity contribution in [3.63, 3.8) is 0 Å². The highest BCUT2D eigenvalue weighted by Gasteiger charge is 2.47. The van der Waals surface area contributed by atoms with Crippen LogP contribution >= 0.6 is 23.2 Å². The Morgan fingerprint density at radius 1 is 1.15 bits per heavy atom. The summed E-state index contributed by atoms with van der Waals surface area (Å²) in [5, 5.41) is 8.69. The van der Waals surface area contributed by atoms with Crippen molar-refractivity contribution in [1.82, 2.24) is 15.1 Å². The largest absolute Gasteiger partial charge is 0.444 e. The first-order valence-electron chi connectivity index (χ1n) is 9.68. The molecule has 0 saturated carbocycles. The zero-order valence-corrected chi connectivity index (χ0v) is 17.5. The van der Waals surface area contributed by atoms with Crippen LogP contribution in [0.5, 0.6) is 0 Å². The fraction of sp³-hybridized carbons (Fsp3) is 0.737. The summed E-state index contributed by atoms with van der Waals surface area (Å²) in [7, 11) is 0. The van der Waals surface area contributed by atoms with Gasteiger partial charge < -0.3 is 14.5 Å². The molecule has 3 aliphatic rings. The number of alkyl halides is 1. The molecule has 0 aromatic carbocycles. The Morgan fingerprint density at radius 3 is 2.44 bits per heavy atom. The molecule has 2 saturated heterocycles. The van der Waals surface area contributed by atoms with Crippen LogP contribution in [-0.4, -0.2) is 51.5 Å². The molecule has 3 aliphatic heterocycles. The van der Waals surface area contributed by atoms with Gasteiger partial charge in [-0.05, 0) is 58.9 Å². The molecule has 3 unspecified atom stereocenters. The molecule has 27 heavy (non-hydrogen) atoms. The van der Waals surface area contributed by atoms with E-state index in [0.29, 0.717) is 11.2 Å². The van der Waals surface area contributed by atoms with Gasteiger partial charge in [-0.3, -0.25) is 0 Å². The van der Waals surface area contributed by atoms with Gasteiger partial charge in [0.05, 0.1) is 5.38 Å². The van der Waals surface area contributed by atoms with Crippen molar-refractivity contribution in [3.8, 4) is 0 Å². The van der Waals surface area contributed by atoms with Gasteiger partial charge >= 0.3 is 6.09 Å². The van der Waals surface area contributed by atoms with Crippen LogP contribution in [0.15, 0.2) is 6.07 Å². The number of carbonyl (C=O) groups excluding carboxylic acids is 1. The summed E-state index contributed by atoms with van der Waals surface area (Å²) < 4.78 is 5.64. The molecule has 1 amide bonds. The lowest BCUT2D eigenvalue weighted by molar-refractivity contribution is 0.00576. The van der Waals surface area contributed by atoms with Gasteiger partial charge in [0.2, 0.25) is 0 Å². The molecular weight excluding hydrogens is 387 g/mol. The first-order valence-corrected chi connectivity index (χ1v) is 10.5. The van der Waals surface area contributed by atoms with E-state index in [1.807, 2.05) is 31.7 Å². The summed E-state index contributed by atoms with van der Waals surface area (Å²) in [5.41, 5.74) is 0.494. The quantitative estimate of drug-likeness (QED) is 0.633. The molecule has 0 aliphatic carbocycles. The van der Waals surface area contributed by atoms with Crippen molar-refractivity contribution >= 4 is 35.1 Å². The third-order valence-electron chi connectivity index (χ3n) is 5.76. The van der Waals surface area contributed by atoms with Crippen molar-refractivity contribution in [3.05, 3.63) is 16.8 Å². The molecule has 4 heterocycles. The summed E-state index contributed by atoms with van der Waals surface area (Å²) in [4.78, 5) is 17.0. The van der Waals surface area contributed by atoms with Crippen LogP contribution in [-0.2, 0) is 4.74 Å². The zero-order valence-electron chi connectivity index (χ0n) is 16.0. The molecule has 0 N–H and O–H groups in total. The minimum Gasteiger partial charge on any atom is -0.444 e. The summed E-state index contributed by atoms with van der Waals surface area (Å²) in [6.45, 7) is 6.60. The number of amides is 1. The lowest BCUT2D eigenvalue weighted by Crippen LogP contribution is -2.54. The maximum atomic E-state index is 12.7. The highest BCUT2D eigenvalue weighted by Crippen LogP contribution is 2.43. The molecule has 6 nitrogen and oxygen atoms in total. The topological polar surface area (TPSA) is 58.6 Å². The van der Waals surface area contributed by atoms with E-state index in [2.05, 4.69) is 15.1 Å². The van der Waals surface area contributed by atoms with Crippen molar-refractivity contribution in [2.24, 2.45) is 0 Å². The van der Waals surface area contributed by atoms with E-state index >= 15 is 0 Å². The number of rotatable bonds is 1. The third-order valence-corrected chi connectivity index (χ3v) is 6.40. The Morgan fingerprint density at radius 2 is 1.81 bits per heavy atom. The smallest absolute Gasteiger partial charge is 0.410 e. The molecule has 148 valence electrons. The molecule has 3 atom stereocenters. The van der Waals surface area contributed by atoms with Crippen LogP contribution in [0.3, 0.4) is 0 Å². The van der Waals surface area contributed by atoms with Gasteiger partial charge in [-0.2, -0.15) is 0 Å². The Hall–Kier alpha value is -1.27. The number of nitrogens with zero attached hydrogens (tertiary/aromatic N) is 4. The summed E-state index contributed by atoms with van der Waals surface area (Å²) >= 11 is 12.5. The summed E-state index contributed by atoms with van der Waals surface area (Å²) in [5.74, 6) is 0.848.